The van der Waals surface area contributed by atoms with E-state index in [4.69, 9.17) is 10.8 Å². The molecule has 144 valence electrons. The Hall–Kier alpha value is -2.12. The molecule has 7 nitrogen and oxygen atoms in total. The SMILES string of the molecule is CCC(NC(=O)c1cccc(NC(=O)C2CCC(N)CC2)c1)C(=O)O.Cl. The van der Waals surface area contributed by atoms with Crippen LogP contribution in [0.15, 0.2) is 24.3 Å². The van der Waals surface area contributed by atoms with Crippen LogP contribution in [0, 0.1) is 5.92 Å². The van der Waals surface area contributed by atoms with Gasteiger partial charge in [0.2, 0.25) is 5.91 Å². The fraction of sp³-hybridized carbons (Fsp3) is 0.500. The fourth-order valence-electron chi connectivity index (χ4n) is 2.94. The number of carbonyl (C=O) groups excluding carboxylic acids is 2. The quantitative estimate of drug-likeness (QED) is 0.599. The minimum Gasteiger partial charge on any atom is -0.480 e. The standard InChI is InChI=1S/C18H25N3O4.ClH/c1-2-15(18(24)25)21-17(23)12-4-3-5-14(10-12)20-16(22)11-6-8-13(19)9-7-11;/h3-5,10-11,13,15H,2,6-9,19H2,1H3,(H,20,22)(H,21,23)(H,24,25);1H. The van der Waals surface area contributed by atoms with Gasteiger partial charge in [-0.2, -0.15) is 0 Å². The van der Waals surface area contributed by atoms with Crippen LogP contribution in [0.25, 0.3) is 0 Å². The highest BCUT2D eigenvalue weighted by Gasteiger charge is 2.25. The van der Waals surface area contributed by atoms with E-state index in [-0.39, 0.29) is 30.3 Å². The van der Waals surface area contributed by atoms with E-state index in [0.717, 1.165) is 25.7 Å². The topological polar surface area (TPSA) is 122 Å². The molecule has 1 aliphatic carbocycles. The Labute approximate surface area is 159 Å². The molecule has 0 heterocycles. The van der Waals surface area contributed by atoms with Crippen molar-refractivity contribution in [3.63, 3.8) is 0 Å². The summed E-state index contributed by atoms with van der Waals surface area (Å²) in [6, 6.07) is 5.74. The first kappa shape index (κ1) is 21.9. The van der Waals surface area contributed by atoms with Crippen molar-refractivity contribution < 1.29 is 19.5 Å². The van der Waals surface area contributed by atoms with Gasteiger partial charge in [0.1, 0.15) is 6.04 Å². The Morgan fingerprint density at radius 2 is 1.88 bits per heavy atom. The first-order valence-electron chi connectivity index (χ1n) is 8.61. The Balaban J connectivity index is 0.00000338. The van der Waals surface area contributed by atoms with Gasteiger partial charge in [-0.15, -0.1) is 12.4 Å². The van der Waals surface area contributed by atoms with Crippen LogP contribution in [0.3, 0.4) is 0 Å². The van der Waals surface area contributed by atoms with Gasteiger partial charge in [0.25, 0.3) is 5.91 Å². The van der Waals surface area contributed by atoms with Gasteiger partial charge in [0.15, 0.2) is 0 Å². The number of rotatable bonds is 6. The largest absolute Gasteiger partial charge is 0.480 e. The molecule has 5 N–H and O–H groups in total. The van der Waals surface area contributed by atoms with Crippen LogP contribution in [0.2, 0.25) is 0 Å². The molecule has 0 aliphatic heterocycles. The van der Waals surface area contributed by atoms with E-state index < -0.39 is 17.9 Å². The molecule has 26 heavy (non-hydrogen) atoms. The number of carboxylic acid groups (broad SMARTS) is 1. The molecular weight excluding hydrogens is 358 g/mol. The van der Waals surface area contributed by atoms with E-state index in [9.17, 15) is 14.4 Å². The van der Waals surface area contributed by atoms with Crippen LogP contribution >= 0.6 is 12.4 Å². The Morgan fingerprint density at radius 1 is 1.23 bits per heavy atom. The lowest BCUT2D eigenvalue weighted by Gasteiger charge is -2.25. The zero-order chi connectivity index (χ0) is 18.4. The number of nitrogens with one attached hydrogen (secondary N) is 2. The summed E-state index contributed by atoms with van der Waals surface area (Å²) in [5, 5.41) is 14.3. The van der Waals surface area contributed by atoms with Crippen molar-refractivity contribution in [3.05, 3.63) is 29.8 Å². The van der Waals surface area contributed by atoms with Crippen LogP contribution in [-0.4, -0.2) is 35.0 Å². The van der Waals surface area contributed by atoms with Crippen LogP contribution < -0.4 is 16.4 Å². The molecule has 0 saturated heterocycles. The van der Waals surface area contributed by atoms with Crippen molar-refractivity contribution in [2.75, 3.05) is 5.32 Å². The number of carbonyl (C=O) groups is 3. The zero-order valence-electron chi connectivity index (χ0n) is 14.7. The predicted molar refractivity (Wildman–Crippen MR) is 101 cm³/mol. The van der Waals surface area contributed by atoms with E-state index in [1.165, 1.54) is 0 Å². The van der Waals surface area contributed by atoms with Crippen molar-refractivity contribution in [1.82, 2.24) is 5.32 Å². The average Bonchev–Trinajstić information content (AvgIpc) is 2.59. The summed E-state index contributed by atoms with van der Waals surface area (Å²) in [4.78, 5) is 35.6. The third-order valence-corrected chi connectivity index (χ3v) is 4.55. The smallest absolute Gasteiger partial charge is 0.326 e. The van der Waals surface area contributed by atoms with Crippen LogP contribution in [-0.2, 0) is 9.59 Å². The summed E-state index contributed by atoms with van der Waals surface area (Å²) in [5.74, 6) is -1.68. The van der Waals surface area contributed by atoms with Crippen LogP contribution in [0.4, 0.5) is 5.69 Å². The van der Waals surface area contributed by atoms with Gasteiger partial charge in [-0.1, -0.05) is 13.0 Å². The number of halogens is 1. The molecule has 1 saturated carbocycles. The molecule has 2 rings (SSSR count). The Morgan fingerprint density at radius 3 is 2.46 bits per heavy atom. The first-order chi connectivity index (χ1) is 11.9. The van der Waals surface area contributed by atoms with Gasteiger partial charge in [-0.3, -0.25) is 9.59 Å². The highest BCUT2D eigenvalue weighted by atomic mass is 35.5. The van der Waals surface area contributed by atoms with Gasteiger partial charge < -0.3 is 21.5 Å². The van der Waals surface area contributed by atoms with E-state index in [2.05, 4.69) is 10.6 Å². The second-order valence-corrected chi connectivity index (χ2v) is 6.45. The number of benzene rings is 1. The Kier molecular flexibility index (Phi) is 8.54. The maximum absolute atomic E-state index is 12.3. The normalized spacial score (nSPS) is 20.4. The van der Waals surface area contributed by atoms with Gasteiger partial charge in [-0.25, -0.2) is 4.79 Å². The minimum absolute atomic E-state index is 0. The van der Waals surface area contributed by atoms with Crippen LogP contribution in [0.1, 0.15) is 49.4 Å². The molecule has 8 heteroatoms. The van der Waals surface area contributed by atoms with Gasteiger partial charge in [0, 0.05) is 23.2 Å². The molecule has 1 aromatic rings. The molecule has 2 amide bonds. The molecule has 1 fully saturated rings. The van der Waals surface area contributed by atoms with Gasteiger partial charge in [0.05, 0.1) is 0 Å². The number of amides is 2. The Bertz CT molecular complexity index is 645. The molecule has 0 spiro atoms. The number of hydrogen-bond donors (Lipinski definition) is 4. The molecule has 1 atom stereocenters. The molecule has 0 radical (unpaired) electrons. The number of aliphatic carboxylic acids is 1. The molecule has 1 aromatic carbocycles. The minimum atomic E-state index is -1.07. The lowest BCUT2D eigenvalue weighted by atomic mass is 9.86. The third kappa shape index (κ3) is 6.00. The van der Waals surface area contributed by atoms with Gasteiger partial charge >= 0.3 is 5.97 Å². The summed E-state index contributed by atoms with van der Waals surface area (Å²) < 4.78 is 0. The van der Waals surface area contributed by atoms with Crippen molar-refractivity contribution in [3.8, 4) is 0 Å². The summed E-state index contributed by atoms with van der Waals surface area (Å²) >= 11 is 0. The predicted octanol–water partition coefficient (Wildman–Crippen LogP) is 2.16. The zero-order valence-corrected chi connectivity index (χ0v) is 15.6. The second-order valence-electron chi connectivity index (χ2n) is 6.45. The van der Waals surface area contributed by atoms with Crippen molar-refractivity contribution in [2.24, 2.45) is 11.7 Å². The lowest BCUT2D eigenvalue weighted by Crippen LogP contribution is -2.40. The van der Waals surface area contributed by atoms with Crippen molar-refractivity contribution >= 4 is 35.9 Å². The highest BCUT2D eigenvalue weighted by molar-refractivity contribution is 5.99. The summed E-state index contributed by atoms with van der Waals surface area (Å²) in [7, 11) is 0. The number of carboxylic acids is 1. The monoisotopic (exact) mass is 383 g/mol. The first-order valence-corrected chi connectivity index (χ1v) is 8.61. The summed E-state index contributed by atoms with van der Waals surface area (Å²) in [5.41, 5.74) is 6.69. The van der Waals surface area contributed by atoms with E-state index in [1.807, 2.05) is 0 Å². The van der Waals surface area contributed by atoms with Crippen LogP contribution in [0.5, 0.6) is 0 Å². The number of nitrogens with two attached hydrogens (primary N) is 1. The maximum Gasteiger partial charge on any atom is 0.326 e. The summed E-state index contributed by atoms with van der Waals surface area (Å²) in [6.07, 6.45) is 3.51. The van der Waals surface area contributed by atoms with Crippen molar-refractivity contribution in [1.29, 1.82) is 0 Å². The second kappa shape index (κ2) is 10.1. The van der Waals surface area contributed by atoms with Gasteiger partial charge in [-0.05, 0) is 50.3 Å². The molecule has 1 unspecified atom stereocenters. The molecule has 0 aromatic heterocycles. The van der Waals surface area contributed by atoms with E-state index >= 15 is 0 Å². The van der Waals surface area contributed by atoms with Crippen molar-refractivity contribution in [2.45, 2.75) is 51.1 Å². The third-order valence-electron chi connectivity index (χ3n) is 4.55. The number of hydrogen-bond acceptors (Lipinski definition) is 4. The lowest BCUT2D eigenvalue weighted by molar-refractivity contribution is -0.139. The molecular formula is C18H26ClN3O4. The summed E-state index contributed by atoms with van der Waals surface area (Å²) in [6.45, 7) is 1.69. The average molecular weight is 384 g/mol. The number of anilines is 1. The highest BCUT2D eigenvalue weighted by Crippen LogP contribution is 2.24. The molecule has 0 bridgehead atoms. The van der Waals surface area contributed by atoms with E-state index in [0.29, 0.717) is 17.7 Å². The maximum atomic E-state index is 12.3. The fourth-order valence-corrected chi connectivity index (χ4v) is 2.94. The van der Waals surface area contributed by atoms with E-state index in [1.54, 1.807) is 31.2 Å². The molecule has 1 aliphatic rings.